The fraction of sp³-hybridized carbons (Fsp3) is 0.375. The van der Waals surface area contributed by atoms with Gasteiger partial charge in [0.2, 0.25) is 11.8 Å². The normalized spacial score (nSPS) is 14.4. The third-order valence-electron chi connectivity index (χ3n) is 7.51. The van der Waals surface area contributed by atoms with Gasteiger partial charge >= 0.3 is 0 Å². The van der Waals surface area contributed by atoms with Crippen LogP contribution in [-0.2, 0) is 26.2 Å². The van der Waals surface area contributed by atoms with Gasteiger partial charge in [0.1, 0.15) is 12.6 Å². The molecule has 1 fully saturated rings. The maximum Gasteiger partial charge on any atom is 0.264 e. The van der Waals surface area contributed by atoms with E-state index in [1.165, 1.54) is 23.1 Å². The van der Waals surface area contributed by atoms with Crippen LogP contribution in [0, 0.1) is 13.8 Å². The van der Waals surface area contributed by atoms with Crippen molar-refractivity contribution >= 4 is 39.1 Å². The molecule has 1 saturated carbocycles. The highest BCUT2D eigenvalue weighted by molar-refractivity contribution is 7.92. The lowest BCUT2D eigenvalue weighted by molar-refractivity contribution is -0.140. The largest absolute Gasteiger partial charge is 0.352 e. The summed E-state index contributed by atoms with van der Waals surface area (Å²) in [5, 5.41) is 3.48. The van der Waals surface area contributed by atoms with E-state index < -0.39 is 28.5 Å². The molecule has 0 heterocycles. The van der Waals surface area contributed by atoms with Crippen LogP contribution in [0.4, 0.5) is 5.69 Å². The van der Waals surface area contributed by atoms with Crippen molar-refractivity contribution in [2.75, 3.05) is 10.8 Å². The van der Waals surface area contributed by atoms with Gasteiger partial charge in [-0.2, -0.15) is 0 Å². The summed E-state index contributed by atoms with van der Waals surface area (Å²) in [6.45, 7) is 5.39. The number of carbonyl (C=O) groups is 2. The van der Waals surface area contributed by atoms with Crippen molar-refractivity contribution in [2.24, 2.45) is 0 Å². The first-order valence-electron chi connectivity index (χ1n) is 14.1. The number of halogens is 1. The molecule has 0 radical (unpaired) electrons. The summed E-state index contributed by atoms with van der Waals surface area (Å²) in [6, 6.07) is 20.0. The Hall–Kier alpha value is -3.36. The van der Waals surface area contributed by atoms with Gasteiger partial charge in [-0.15, -0.1) is 0 Å². The number of amides is 2. The first-order valence-corrected chi connectivity index (χ1v) is 15.9. The standard InChI is InChI=1S/C32H38ClN3O4S/c1-4-30(32(38)34-27-12-5-6-13-27)35(21-25-10-7-9-24(3)19-25)31(37)22-36(28-14-8-11-26(33)20-28)41(39,40)29-17-15-23(2)16-18-29/h7-11,14-20,27,30H,4-6,12-13,21-22H2,1-3H3,(H,34,38)/t30-/m0/s1. The third-order valence-corrected chi connectivity index (χ3v) is 9.53. The van der Waals surface area contributed by atoms with Crippen LogP contribution in [0.15, 0.2) is 77.7 Å². The van der Waals surface area contributed by atoms with E-state index >= 15 is 0 Å². The van der Waals surface area contributed by atoms with Crippen molar-refractivity contribution in [1.29, 1.82) is 0 Å². The first-order chi connectivity index (χ1) is 19.6. The molecule has 0 saturated heterocycles. The molecule has 0 bridgehead atoms. The number of nitrogens with one attached hydrogen (secondary N) is 1. The van der Waals surface area contributed by atoms with Gasteiger partial charge in [0.15, 0.2) is 0 Å². The van der Waals surface area contributed by atoms with Crippen LogP contribution in [0.5, 0.6) is 0 Å². The number of nitrogens with zero attached hydrogens (tertiary/aromatic N) is 2. The Balaban J connectivity index is 1.71. The number of sulfonamides is 1. The number of hydrogen-bond donors (Lipinski definition) is 1. The molecule has 4 rings (SSSR count). The Bertz CT molecular complexity index is 1470. The van der Waals surface area contributed by atoms with Crippen molar-refractivity contribution in [3.63, 3.8) is 0 Å². The molecule has 1 aliphatic carbocycles. The number of rotatable bonds is 11. The maximum absolute atomic E-state index is 14.2. The predicted molar refractivity (Wildman–Crippen MR) is 163 cm³/mol. The van der Waals surface area contributed by atoms with Crippen molar-refractivity contribution in [2.45, 2.75) is 76.4 Å². The van der Waals surface area contributed by atoms with E-state index in [9.17, 15) is 18.0 Å². The van der Waals surface area contributed by atoms with Gasteiger partial charge in [0.05, 0.1) is 10.6 Å². The SMILES string of the molecule is CC[C@@H](C(=O)NC1CCCC1)N(Cc1cccc(C)c1)C(=O)CN(c1cccc(Cl)c1)S(=O)(=O)c1ccc(C)cc1. The predicted octanol–water partition coefficient (Wildman–Crippen LogP) is 6.02. The molecule has 1 aliphatic rings. The zero-order valence-corrected chi connectivity index (χ0v) is 25.4. The Morgan fingerprint density at radius 1 is 0.951 bits per heavy atom. The average Bonchev–Trinajstić information content (AvgIpc) is 3.44. The monoisotopic (exact) mass is 595 g/mol. The van der Waals surface area contributed by atoms with Gasteiger partial charge in [-0.1, -0.05) is 85.0 Å². The van der Waals surface area contributed by atoms with Gasteiger partial charge in [-0.3, -0.25) is 13.9 Å². The van der Waals surface area contributed by atoms with Crippen molar-refractivity contribution in [3.8, 4) is 0 Å². The van der Waals surface area contributed by atoms with Gasteiger partial charge in [0.25, 0.3) is 10.0 Å². The molecule has 1 atom stereocenters. The third kappa shape index (κ3) is 7.68. The molecule has 3 aromatic rings. The molecule has 7 nitrogen and oxygen atoms in total. The number of benzene rings is 3. The Kier molecular flexibility index (Phi) is 10.1. The minimum absolute atomic E-state index is 0.0622. The fourth-order valence-corrected chi connectivity index (χ4v) is 6.88. The number of hydrogen-bond acceptors (Lipinski definition) is 4. The quantitative estimate of drug-likeness (QED) is 0.294. The Labute approximate surface area is 248 Å². The van der Waals surface area contributed by atoms with E-state index in [0.717, 1.165) is 46.7 Å². The van der Waals surface area contributed by atoms with Gasteiger partial charge in [-0.25, -0.2) is 8.42 Å². The molecule has 0 spiro atoms. The molecule has 0 aromatic heterocycles. The molecule has 0 aliphatic heterocycles. The second kappa shape index (κ2) is 13.5. The van der Waals surface area contributed by atoms with Crippen LogP contribution in [0.2, 0.25) is 5.02 Å². The summed E-state index contributed by atoms with van der Waals surface area (Å²) in [6.07, 6.45) is 4.37. The minimum Gasteiger partial charge on any atom is -0.352 e. The fourth-order valence-electron chi connectivity index (χ4n) is 5.29. The van der Waals surface area contributed by atoms with Crippen LogP contribution in [0.3, 0.4) is 0 Å². The topological polar surface area (TPSA) is 86.8 Å². The van der Waals surface area contributed by atoms with E-state index in [4.69, 9.17) is 11.6 Å². The number of aryl methyl sites for hydroxylation is 2. The summed E-state index contributed by atoms with van der Waals surface area (Å²) in [4.78, 5) is 29.3. The van der Waals surface area contributed by atoms with E-state index in [-0.39, 0.29) is 29.1 Å². The van der Waals surface area contributed by atoms with Crippen LogP contribution < -0.4 is 9.62 Å². The van der Waals surface area contributed by atoms with Gasteiger partial charge in [-0.05, 0) is 69.0 Å². The number of carbonyl (C=O) groups excluding carboxylic acids is 2. The van der Waals surface area contributed by atoms with E-state index in [2.05, 4.69) is 5.32 Å². The lowest BCUT2D eigenvalue weighted by Gasteiger charge is -2.34. The van der Waals surface area contributed by atoms with Crippen LogP contribution in [-0.4, -0.2) is 43.8 Å². The zero-order valence-electron chi connectivity index (χ0n) is 23.8. The lowest BCUT2D eigenvalue weighted by atomic mass is 10.1. The maximum atomic E-state index is 14.2. The summed E-state index contributed by atoms with van der Waals surface area (Å²) in [7, 11) is -4.14. The van der Waals surface area contributed by atoms with Crippen molar-refractivity contribution in [1.82, 2.24) is 10.2 Å². The minimum atomic E-state index is -4.14. The van der Waals surface area contributed by atoms with E-state index in [1.807, 2.05) is 45.0 Å². The molecule has 9 heteroatoms. The molecule has 218 valence electrons. The molecule has 3 aromatic carbocycles. The molecule has 2 amide bonds. The smallest absolute Gasteiger partial charge is 0.264 e. The lowest BCUT2D eigenvalue weighted by Crippen LogP contribution is -2.53. The molecular weight excluding hydrogens is 558 g/mol. The number of anilines is 1. The second-order valence-electron chi connectivity index (χ2n) is 10.7. The molecule has 0 unspecified atom stereocenters. The van der Waals surface area contributed by atoms with E-state index in [0.29, 0.717) is 11.4 Å². The summed E-state index contributed by atoms with van der Waals surface area (Å²) < 4.78 is 29.0. The van der Waals surface area contributed by atoms with Crippen molar-refractivity contribution in [3.05, 3.63) is 94.5 Å². The van der Waals surface area contributed by atoms with Crippen LogP contribution in [0.1, 0.15) is 55.7 Å². The van der Waals surface area contributed by atoms with Crippen LogP contribution >= 0.6 is 11.6 Å². The highest BCUT2D eigenvalue weighted by Gasteiger charge is 2.34. The Morgan fingerprint density at radius 3 is 2.27 bits per heavy atom. The van der Waals surface area contributed by atoms with Gasteiger partial charge in [0, 0.05) is 17.6 Å². The highest BCUT2D eigenvalue weighted by Crippen LogP contribution is 2.27. The summed E-state index contributed by atoms with van der Waals surface area (Å²) in [5.74, 6) is -0.688. The van der Waals surface area contributed by atoms with E-state index in [1.54, 1.807) is 30.3 Å². The molecule has 1 N–H and O–H groups in total. The van der Waals surface area contributed by atoms with Crippen molar-refractivity contribution < 1.29 is 18.0 Å². The second-order valence-corrected chi connectivity index (χ2v) is 13.0. The first kappa shape index (κ1) is 30.6. The Morgan fingerprint density at radius 2 is 1.63 bits per heavy atom. The molecule has 41 heavy (non-hydrogen) atoms. The highest BCUT2D eigenvalue weighted by atomic mass is 35.5. The average molecular weight is 596 g/mol. The summed E-state index contributed by atoms with van der Waals surface area (Å²) >= 11 is 6.25. The van der Waals surface area contributed by atoms with Crippen LogP contribution in [0.25, 0.3) is 0 Å². The molecular formula is C32H38ClN3O4S. The zero-order chi connectivity index (χ0) is 29.6. The summed E-state index contributed by atoms with van der Waals surface area (Å²) in [5.41, 5.74) is 3.07. The van der Waals surface area contributed by atoms with Gasteiger partial charge < -0.3 is 10.2 Å².